The molecule has 0 saturated carbocycles. The van der Waals surface area contributed by atoms with Crippen molar-refractivity contribution in [1.82, 2.24) is 4.90 Å². The van der Waals surface area contributed by atoms with Gasteiger partial charge in [-0.25, -0.2) is 0 Å². The van der Waals surface area contributed by atoms with E-state index in [-0.39, 0.29) is 0 Å². The first-order chi connectivity index (χ1) is 5.18. The van der Waals surface area contributed by atoms with Crippen molar-refractivity contribution in [2.24, 2.45) is 5.92 Å². The predicted molar refractivity (Wildman–Crippen MR) is 42.5 cm³/mol. The first-order valence-corrected chi connectivity index (χ1v) is 4.12. The van der Waals surface area contributed by atoms with Gasteiger partial charge < -0.3 is 10.0 Å². The van der Waals surface area contributed by atoms with Gasteiger partial charge in [0.25, 0.3) is 0 Å². The van der Waals surface area contributed by atoms with E-state index in [4.69, 9.17) is 5.11 Å². The third-order valence-corrected chi connectivity index (χ3v) is 2.00. The third kappa shape index (κ3) is 2.89. The average Bonchev–Trinajstić information content (AvgIpc) is 1.83. The molecule has 64 valence electrons. The molecule has 3 heteroatoms. The largest absolute Gasteiger partial charge is 0.481 e. The summed E-state index contributed by atoms with van der Waals surface area (Å²) in [7, 11) is 0. The Morgan fingerprint density at radius 2 is 2.27 bits per heavy atom. The van der Waals surface area contributed by atoms with E-state index < -0.39 is 5.97 Å². The molecule has 1 N–H and O–H groups in total. The molecule has 0 bridgehead atoms. The van der Waals surface area contributed by atoms with E-state index >= 15 is 0 Å². The number of hydrogen-bond acceptors (Lipinski definition) is 2. The van der Waals surface area contributed by atoms with Gasteiger partial charge in [0.2, 0.25) is 0 Å². The molecule has 3 nitrogen and oxygen atoms in total. The first-order valence-electron chi connectivity index (χ1n) is 4.12. The smallest absolute Gasteiger partial charge is 0.303 e. The Balaban J connectivity index is 1.92. The number of carbonyl (C=O) groups is 1. The molecule has 1 saturated heterocycles. The highest BCUT2D eigenvalue weighted by molar-refractivity contribution is 5.66. The lowest BCUT2D eigenvalue weighted by molar-refractivity contribution is -0.137. The summed E-state index contributed by atoms with van der Waals surface area (Å²) in [6, 6.07) is 0. The maximum atomic E-state index is 10.1. The fraction of sp³-hybridized carbons (Fsp3) is 0.875. The molecular weight excluding hydrogens is 142 g/mol. The van der Waals surface area contributed by atoms with Crippen LogP contribution in [0.4, 0.5) is 0 Å². The van der Waals surface area contributed by atoms with Crippen molar-refractivity contribution in [2.45, 2.75) is 19.8 Å². The predicted octanol–water partition coefficient (Wildman–Crippen LogP) is 0.803. The summed E-state index contributed by atoms with van der Waals surface area (Å²) >= 11 is 0. The highest BCUT2D eigenvalue weighted by atomic mass is 16.4. The first kappa shape index (κ1) is 8.53. The second-order valence-corrected chi connectivity index (χ2v) is 3.36. The lowest BCUT2D eigenvalue weighted by Crippen LogP contribution is -2.45. The van der Waals surface area contributed by atoms with Gasteiger partial charge in [0.15, 0.2) is 0 Å². The Morgan fingerprint density at radius 3 is 2.73 bits per heavy atom. The number of carboxylic acids is 1. The zero-order valence-electron chi connectivity index (χ0n) is 6.92. The maximum absolute atomic E-state index is 10.1. The fourth-order valence-corrected chi connectivity index (χ4v) is 1.46. The number of likely N-dealkylation sites (tertiary alicyclic amines) is 1. The molecule has 1 aliphatic rings. The van der Waals surface area contributed by atoms with Gasteiger partial charge in [-0.2, -0.15) is 0 Å². The van der Waals surface area contributed by atoms with Crippen molar-refractivity contribution in [2.75, 3.05) is 19.6 Å². The SMILES string of the molecule is CC1CN(CCCC(=O)O)C1. The van der Waals surface area contributed by atoms with Crippen LogP contribution in [-0.4, -0.2) is 35.6 Å². The summed E-state index contributed by atoms with van der Waals surface area (Å²) in [5.74, 6) is 0.137. The van der Waals surface area contributed by atoms with Crippen LogP contribution in [0.25, 0.3) is 0 Å². The van der Waals surface area contributed by atoms with Gasteiger partial charge in [0, 0.05) is 19.5 Å². The van der Waals surface area contributed by atoms with E-state index in [2.05, 4.69) is 11.8 Å². The summed E-state index contributed by atoms with van der Waals surface area (Å²) in [5, 5.41) is 8.35. The zero-order chi connectivity index (χ0) is 8.27. The lowest BCUT2D eigenvalue weighted by atomic mass is 10.0. The molecule has 0 unspecified atom stereocenters. The van der Waals surface area contributed by atoms with Crippen LogP contribution < -0.4 is 0 Å². The zero-order valence-corrected chi connectivity index (χ0v) is 6.92. The minimum Gasteiger partial charge on any atom is -0.481 e. The summed E-state index contributed by atoms with van der Waals surface area (Å²) in [5.41, 5.74) is 0. The lowest BCUT2D eigenvalue weighted by Gasteiger charge is -2.36. The second-order valence-electron chi connectivity index (χ2n) is 3.36. The minimum atomic E-state index is -0.682. The summed E-state index contributed by atoms with van der Waals surface area (Å²) < 4.78 is 0. The van der Waals surface area contributed by atoms with E-state index in [9.17, 15) is 4.79 Å². The van der Waals surface area contributed by atoms with Gasteiger partial charge in [0.05, 0.1) is 0 Å². The van der Waals surface area contributed by atoms with Gasteiger partial charge >= 0.3 is 5.97 Å². The number of carboxylic acid groups (broad SMARTS) is 1. The van der Waals surface area contributed by atoms with Crippen molar-refractivity contribution in [3.05, 3.63) is 0 Å². The van der Waals surface area contributed by atoms with Crippen molar-refractivity contribution < 1.29 is 9.90 Å². The van der Waals surface area contributed by atoms with Gasteiger partial charge in [-0.05, 0) is 18.9 Å². The van der Waals surface area contributed by atoms with Crippen LogP contribution in [-0.2, 0) is 4.79 Å². The minimum absolute atomic E-state index is 0.310. The van der Waals surface area contributed by atoms with Gasteiger partial charge in [-0.15, -0.1) is 0 Å². The fourth-order valence-electron chi connectivity index (χ4n) is 1.46. The van der Waals surface area contributed by atoms with E-state index in [1.165, 1.54) is 0 Å². The molecule has 11 heavy (non-hydrogen) atoms. The Bertz CT molecular complexity index is 141. The number of hydrogen-bond donors (Lipinski definition) is 1. The second kappa shape index (κ2) is 3.72. The van der Waals surface area contributed by atoms with Gasteiger partial charge in [-0.1, -0.05) is 6.92 Å². The molecule has 1 rings (SSSR count). The molecule has 0 amide bonds. The standard InChI is InChI=1S/C8H15NO2/c1-7-5-9(6-7)4-2-3-8(10)11/h7H,2-6H2,1H3,(H,10,11). The van der Waals surface area contributed by atoms with Crippen LogP contribution in [0.15, 0.2) is 0 Å². The van der Waals surface area contributed by atoms with Crippen molar-refractivity contribution in [3.63, 3.8) is 0 Å². The molecule has 1 aliphatic heterocycles. The van der Waals surface area contributed by atoms with Crippen LogP contribution in [0, 0.1) is 5.92 Å². The van der Waals surface area contributed by atoms with Crippen LogP contribution >= 0.6 is 0 Å². The quantitative estimate of drug-likeness (QED) is 0.656. The number of nitrogens with zero attached hydrogens (tertiary/aromatic N) is 1. The molecule has 0 aromatic heterocycles. The van der Waals surface area contributed by atoms with E-state index in [0.29, 0.717) is 6.42 Å². The molecular formula is C8H15NO2. The Hall–Kier alpha value is -0.570. The molecule has 1 heterocycles. The Morgan fingerprint density at radius 1 is 1.64 bits per heavy atom. The van der Waals surface area contributed by atoms with Gasteiger partial charge in [0.1, 0.15) is 0 Å². The number of aliphatic carboxylic acids is 1. The number of rotatable bonds is 4. The molecule has 1 fully saturated rings. The van der Waals surface area contributed by atoms with Gasteiger partial charge in [-0.3, -0.25) is 4.79 Å². The molecule has 0 atom stereocenters. The van der Waals surface area contributed by atoms with Crippen LogP contribution in [0.2, 0.25) is 0 Å². The Labute approximate surface area is 67.0 Å². The van der Waals surface area contributed by atoms with Crippen molar-refractivity contribution in [1.29, 1.82) is 0 Å². The maximum Gasteiger partial charge on any atom is 0.303 e. The van der Waals surface area contributed by atoms with Crippen molar-refractivity contribution >= 4 is 5.97 Å². The van der Waals surface area contributed by atoms with Crippen molar-refractivity contribution in [3.8, 4) is 0 Å². The third-order valence-electron chi connectivity index (χ3n) is 2.00. The van der Waals surface area contributed by atoms with Crippen LogP contribution in [0.1, 0.15) is 19.8 Å². The monoisotopic (exact) mass is 157 g/mol. The molecule has 0 aliphatic carbocycles. The highest BCUT2D eigenvalue weighted by Crippen LogP contribution is 2.14. The van der Waals surface area contributed by atoms with Crippen LogP contribution in [0.3, 0.4) is 0 Å². The molecule has 0 radical (unpaired) electrons. The Kier molecular flexibility index (Phi) is 2.88. The van der Waals surface area contributed by atoms with E-state index in [1.807, 2.05) is 0 Å². The van der Waals surface area contributed by atoms with E-state index in [0.717, 1.165) is 32.0 Å². The summed E-state index contributed by atoms with van der Waals surface area (Å²) in [4.78, 5) is 12.4. The van der Waals surface area contributed by atoms with E-state index in [1.54, 1.807) is 0 Å². The normalized spacial score (nSPS) is 19.7. The topological polar surface area (TPSA) is 40.5 Å². The molecule has 0 spiro atoms. The highest BCUT2D eigenvalue weighted by Gasteiger charge is 2.21. The summed E-state index contributed by atoms with van der Waals surface area (Å²) in [6.45, 7) is 5.48. The van der Waals surface area contributed by atoms with Crippen LogP contribution in [0.5, 0.6) is 0 Å². The average molecular weight is 157 g/mol. The molecule has 0 aromatic rings. The molecule has 0 aromatic carbocycles. The summed E-state index contributed by atoms with van der Waals surface area (Å²) in [6.07, 6.45) is 1.10.